The highest BCUT2D eigenvalue weighted by molar-refractivity contribution is 7.92. The number of nitrogens with one attached hydrogen (secondary N) is 1. The molecule has 0 saturated carbocycles. The number of aryl methyl sites for hydroxylation is 1. The lowest BCUT2D eigenvalue weighted by atomic mass is 10.1. The van der Waals surface area contributed by atoms with Crippen LogP contribution in [0, 0.1) is 12.7 Å². The molecule has 0 aliphatic heterocycles. The van der Waals surface area contributed by atoms with Crippen molar-refractivity contribution in [2.45, 2.75) is 31.3 Å². The Labute approximate surface area is 225 Å². The van der Waals surface area contributed by atoms with E-state index in [-0.39, 0.29) is 27.2 Å². The third-order valence-electron chi connectivity index (χ3n) is 5.70. The summed E-state index contributed by atoms with van der Waals surface area (Å²) in [7, 11) is -2.81. The summed E-state index contributed by atoms with van der Waals surface area (Å²) < 4.78 is 41.8. The number of hydrogen-bond acceptors (Lipinski definition) is 4. The molecule has 196 valence electrons. The molecule has 0 unspecified atom stereocenters. The Morgan fingerprint density at radius 1 is 0.973 bits per heavy atom. The van der Waals surface area contributed by atoms with Crippen LogP contribution in [-0.2, 0) is 26.2 Å². The maximum absolute atomic E-state index is 13.7. The van der Waals surface area contributed by atoms with Gasteiger partial charge >= 0.3 is 0 Å². The zero-order chi connectivity index (χ0) is 27.3. The Morgan fingerprint density at radius 3 is 2.08 bits per heavy atom. The van der Waals surface area contributed by atoms with Crippen molar-refractivity contribution in [2.75, 3.05) is 17.9 Å². The summed E-state index contributed by atoms with van der Waals surface area (Å²) in [6, 6.07) is 14.9. The van der Waals surface area contributed by atoms with E-state index in [1.165, 1.54) is 73.5 Å². The van der Waals surface area contributed by atoms with Gasteiger partial charge in [0.05, 0.1) is 10.6 Å². The van der Waals surface area contributed by atoms with Crippen LogP contribution in [0.15, 0.2) is 71.6 Å². The summed E-state index contributed by atoms with van der Waals surface area (Å²) in [4.78, 5) is 27.3. The fourth-order valence-electron chi connectivity index (χ4n) is 3.63. The first-order valence-corrected chi connectivity index (χ1v) is 13.4. The second-order valence-corrected chi connectivity index (χ2v) is 11.1. The van der Waals surface area contributed by atoms with E-state index in [1.54, 1.807) is 12.1 Å². The Bertz CT molecular complexity index is 1360. The van der Waals surface area contributed by atoms with Crippen LogP contribution >= 0.6 is 23.2 Å². The molecular formula is C26H26Cl2FN3O4S. The number of anilines is 1. The Kier molecular flexibility index (Phi) is 9.17. The maximum Gasteiger partial charge on any atom is 0.264 e. The summed E-state index contributed by atoms with van der Waals surface area (Å²) >= 11 is 12.3. The smallest absolute Gasteiger partial charge is 0.264 e. The van der Waals surface area contributed by atoms with Crippen molar-refractivity contribution >= 4 is 50.7 Å². The molecule has 0 aliphatic rings. The topological polar surface area (TPSA) is 86.8 Å². The number of amides is 2. The number of sulfonamides is 1. The number of carbonyl (C=O) groups is 2. The fraction of sp³-hybridized carbons (Fsp3) is 0.231. The molecule has 0 fully saturated rings. The first-order valence-electron chi connectivity index (χ1n) is 11.2. The number of halogens is 3. The SMILES string of the molecule is CNC(=O)[C@@H](C)N(Cc1ccc(F)cc1)C(=O)CN(c1cc(Cl)cc(Cl)c1)S(=O)(=O)c1ccc(C)cc1. The molecule has 0 bridgehead atoms. The molecule has 1 atom stereocenters. The molecule has 0 spiro atoms. The molecule has 3 rings (SSSR count). The highest BCUT2D eigenvalue weighted by Gasteiger charge is 2.32. The van der Waals surface area contributed by atoms with Crippen molar-refractivity contribution in [3.05, 3.63) is 93.7 Å². The fourth-order valence-corrected chi connectivity index (χ4v) is 5.54. The van der Waals surface area contributed by atoms with Crippen molar-refractivity contribution in [2.24, 2.45) is 0 Å². The third-order valence-corrected chi connectivity index (χ3v) is 7.93. The van der Waals surface area contributed by atoms with Crippen LogP contribution in [0.4, 0.5) is 10.1 Å². The predicted molar refractivity (Wildman–Crippen MR) is 143 cm³/mol. The van der Waals surface area contributed by atoms with Gasteiger partial charge in [0.25, 0.3) is 10.0 Å². The number of rotatable bonds is 9. The van der Waals surface area contributed by atoms with Crippen molar-refractivity contribution in [3.63, 3.8) is 0 Å². The van der Waals surface area contributed by atoms with Gasteiger partial charge < -0.3 is 10.2 Å². The minimum atomic E-state index is -4.24. The van der Waals surface area contributed by atoms with Gasteiger partial charge in [-0.3, -0.25) is 13.9 Å². The van der Waals surface area contributed by atoms with Crippen LogP contribution in [0.2, 0.25) is 10.0 Å². The lowest BCUT2D eigenvalue weighted by Gasteiger charge is -2.32. The van der Waals surface area contributed by atoms with Crippen LogP contribution in [0.25, 0.3) is 0 Å². The molecule has 11 heteroatoms. The van der Waals surface area contributed by atoms with Crippen LogP contribution < -0.4 is 9.62 Å². The van der Waals surface area contributed by atoms with E-state index in [2.05, 4.69) is 5.32 Å². The Hall–Kier alpha value is -3.14. The van der Waals surface area contributed by atoms with Crippen molar-refractivity contribution in [1.82, 2.24) is 10.2 Å². The average molecular weight is 566 g/mol. The van der Waals surface area contributed by atoms with E-state index in [4.69, 9.17) is 23.2 Å². The highest BCUT2D eigenvalue weighted by atomic mass is 35.5. The van der Waals surface area contributed by atoms with Crippen LogP contribution in [-0.4, -0.2) is 44.8 Å². The van der Waals surface area contributed by atoms with Gasteiger partial charge in [0.1, 0.15) is 18.4 Å². The number of nitrogens with zero attached hydrogens (tertiary/aromatic N) is 2. The van der Waals surface area contributed by atoms with Crippen molar-refractivity contribution in [1.29, 1.82) is 0 Å². The Morgan fingerprint density at radius 2 is 1.54 bits per heavy atom. The molecule has 3 aromatic carbocycles. The van der Waals surface area contributed by atoms with Gasteiger partial charge in [0, 0.05) is 23.6 Å². The molecule has 7 nitrogen and oxygen atoms in total. The van der Waals surface area contributed by atoms with E-state index in [0.29, 0.717) is 5.56 Å². The summed E-state index contributed by atoms with van der Waals surface area (Å²) in [5, 5.41) is 2.86. The first-order chi connectivity index (χ1) is 17.4. The van der Waals surface area contributed by atoms with Gasteiger partial charge in [-0.05, 0) is 61.9 Å². The minimum Gasteiger partial charge on any atom is -0.357 e. The first kappa shape index (κ1) is 28.4. The third kappa shape index (κ3) is 7.00. The molecule has 1 N–H and O–H groups in total. The molecule has 0 heterocycles. The standard InChI is InChI=1S/C26H26Cl2FN3O4S/c1-17-4-10-24(11-5-17)37(35,36)32(23-13-20(27)12-21(28)14-23)16-25(33)31(18(2)26(34)30-3)15-19-6-8-22(29)9-7-19/h4-14,18H,15-16H2,1-3H3,(H,30,34)/t18-/m1/s1. The highest BCUT2D eigenvalue weighted by Crippen LogP contribution is 2.30. The van der Waals surface area contributed by atoms with Crippen LogP contribution in [0.1, 0.15) is 18.1 Å². The van der Waals surface area contributed by atoms with Gasteiger partial charge in [-0.2, -0.15) is 0 Å². The van der Waals surface area contributed by atoms with Gasteiger partial charge in [-0.25, -0.2) is 12.8 Å². The molecule has 0 radical (unpaired) electrons. The van der Waals surface area contributed by atoms with Gasteiger partial charge in [0.15, 0.2) is 0 Å². The number of hydrogen-bond donors (Lipinski definition) is 1. The van der Waals surface area contributed by atoms with Crippen LogP contribution in [0.3, 0.4) is 0 Å². The summed E-state index contributed by atoms with van der Waals surface area (Å²) in [5.74, 6) is -1.56. The normalized spacial score (nSPS) is 12.1. The van der Waals surface area contributed by atoms with Crippen molar-refractivity contribution in [3.8, 4) is 0 Å². The molecule has 0 aromatic heterocycles. The molecular weight excluding hydrogens is 540 g/mol. The van der Waals surface area contributed by atoms with E-state index in [1.807, 2.05) is 6.92 Å². The number of likely N-dealkylation sites (N-methyl/N-ethyl adjacent to an activating group) is 1. The average Bonchev–Trinajstić information content (AvgIpc) is 2.85. The van der Waals surface area contributed by atoms with E-state index < -0.39 is 40.2 Å². The Balaban J connectivity index is 2.06. The quantitative estimate of drug-likeness (QED) is 0.403. The number of carbonyl (C=O) groups excluding carboxylic acids is 2. The minimum absolute atomic E-state index is 0.0357. The molecule has 2 amide bonds. The second kappa shape index (κ2) is 11.9. The summed E-state index contributed by atoms with van der Waals surface area (Å²) in [6.07, 6.45) is 0. The summed E-state index contributed by atoms with van der Waals surface area (Å²) in [5.41, 5.74) is 1.50. The van der Waals surface area contributed by atoms with E-state index in [0.717, 1.165) is 9.87 Å². The molecule has 3 aromatic rings. The van der Waals surface area contributed by atoms with E-state index >= 15 is 0 Å². The predicted octanol–water partition coefficient (Wildman–Crippen LogP) is 4.80. The zero-order valence-electron chi connectivity index (χ0n) is 20.4. The number of benzene rings is 3. The largest absolute Gasteiger partial charge is 0.357 e. The van der Waals surface area contributed by atoms with Gasteiger partial charge in [-0.1, -0.05) is 53.0 Å². The van der Waals surface area contributed by atoms with Crippen LogP contribution in [0.5, 0.6) is 0 Å². The van der Waals surface area contributed by atoms with E-state index in [9.17, 15) is 22.4 Å². The monoisotopic (exact) mass is 565 g/mol. The van der Waals surface area contributed by atoms with Crippen molar-refractivity contribution < 1.29 is 22.4 Å². The lowest BCUT2D eigenvalue weighted by molar-refractivity contribution is -0.139. The second-order valence-electron chi connectivity index (χ2n) is 8.39. The molecule has 0 aliphatic carbocycles. The maximum atomic E-state index is 13.7. The lowest BCUT2D eigenvalue weighted by Crippen LogP contribution is -2.50. The summed E-state index contributed by atoms with van der Waals surface area (Å²) in [6.45, 7) is 2.65. The van der Waals surface area contributed by atoms with Gasteiger partial charge in [-0.15, -0.1) is 0 Å². The molecule has 37 heavy (non-hydrogen) atoms. The van der Waals surface area contributed by atoms with Gasteiger partial charge in [0.2, 0.25) is 11.8 Å². The molecule has 0 saturated heterocycles. The zero-order valence-corrected chi connectivity index (χ0v) is 22.7.